The zero-order chi connectivity index (χ0) is 14.8. The Morgan fingerprint density at radius 2 is 2.05 bits per heavy atom. The van der Waals surface area contributed by atoms with Crippen LogP contribution in [0.5, 0.6) is 0 Å². The fourth-order valence-corrected chi connectivity index (χ4v) is 2.75. The van der Waals surface area contributed by atoms with Gasteiger partial charge in [-0.15, -0.1) is 0 Å². The number of amides is 1. The summed E-state index contributed by atoms with van der Waals surface area (Å²) in [4.78, 5) is 21.3. The van der Waals surface area contributed by atoms with Gasteiger partial charge in [-0.3, -0.25) is 9.78 Å². The average molecular weight is 344 g/mol. The molecule has 1 N–H and O–H groups in total. The quantitative estimate of drug-likeness (QED) is 0.789. The third-order valence-electron chi connectivity index (χ3n) is 3.36. The van der Waals surface area contributed by atoms with Crippen LogP contribution in [0.4, 0.5) is 0 Å². The molecule has 0 unspecified atom stereocenters. The number of pyridine rings is 1. The molecule has 2 heterocycles. The summed E-state index contributed by atoms with van der Waals surface area (Å²) >= 11 is 3.50. The van der Waals surface area contributed by atoms with Crippen LogP contribution in [0.1, 0.15) is 16.1 Å². The van der Waals surface area contributed by atoms with Crippen LogP contribution in [-0.4, -0.2) is 27.8 Å². The van der Waals surface area contributed by atoms with E-state index in [0.29, 0.717) is 12.2 Å². The number of hydrogen-bond donors (Lipinski definition) is 1. The number of rotatable bonds is 3. The van der Waals surface area contributed by atoms with Gasteiger partial charge in [-0.2, -0.15) is 0 Å². The van der Waals surface area contributed by atoms with Crippen molar-refractivity contribution in [2.45, 2.75) is 6.54 Å². The van der Waals surface area contributed by atoms with E-state index in [1.54, 1.807) is 24.3 Å². The predicted molar refractivity (Wildman–Crippen MR) is 86.0 cm³/mol. The van der Waals surface area contributed by atoms with Crippen LogP contribution in [0.3, 0.4) is 0 Å². The molecule has 21 heavy (non-hydrogen) atoms. The van der Waals surface area contributed by atoms with E-state index in [2.05, 4.69) is 25.9 Å². The first-order valence-corrected chi connectivity index (χ1v) is 7.36. The number of hydrogen-bond acceptors (Lipinski definition) is 2. The zero-order valence-corrected chi connectivity index (χ0v) is 13.1. The number of benzene rings is 1. The summed E-state index contributed by atoms with van der Waals surface area (Å²) in [7, 11) is 1.79. The van der Waals surface area contributed by atoms with Crippen molar-refractivity contribution in [3.8, 4) is 0 Å². The molecule has 0 bridgehead atoms. The minimum atomic E-state index is -0.0325. The van der Waals surface area contributed by atoms with E-state index in [4.69, 9.17) is 0 Å². The van der Waals surface area contributed by atoms with Gasteiger partial charge in [0.25, 0.3) is 5.91 Å². The van der Waals surface area contributed by atoms with E-state index in [1.807, 2.05) is 36.4 Å². The van der Waals surface area contributed by atoms with Gasteiger partial charge in [0.15, 0.2) is 0 Å². The zero-order valence-electron chi connectivity index (χ0n) is 11.5. The predicted octanol–water partition coefficient (Wildman–Crippen LogP) is 3.60. The van der Waals surface area contributed by atoms with E-state index in [0.717, 1.165) is 20.9 Å². The monoisotopic (exact) mass is 343 g/mol. The van der Waals surface area contributed by atoms with Crippen molar-refractivity contribution in [2.24, 2.45) is 0 Å². The number of carbonyl (C=O) groups excluding carboxylic acids is 1. The molecule has 106 valence electrons. The summed E-state index contributed by atoms with van der Waals surface area (Å²) in [6, 6.07) is 11.6. The van der Waals surface area contributed by atoms with E-state index in [1.165, 1.54) is 0 Å². The number of H-pyrrole nitrogens is 1. The number of aromatic nitrogens is 2. The maximum atomic E-state index is 12.5. The van der Waals surface area contributed by atoms with Crippen molar-refractivity contribution in [2.75, 3.05) is 7.05 Å². The Bertz CT molecular complexity index is 783. The van der Waals surface area contributed by atoms with E-state index < -0.39 is 0 Å². The SMILES string of the molecule is CN(Cc1ccncc1)C(=O)c1cc2c(Br)cccc2[nH]1. The topological polar surface area (TPSA) is 49.0 Å². The molecule has 0 saturated heterocycles. The lowest BCUT2D eigenvalue weighted by Gasteiger charge is -2.16. The summed E-state index contributed by atoms with van der Waals surface area (Å²) in [5, 5.41) is 1.01. The average Bonchev–Trinajstić information content (AvgIpc) is 2.93. The van der Waals surface area contributed by atoms with Gasteiger partial charge in [-0.25, -0.2) is 0 Å². The van der Waals surface area contributed by atoms with Crippen LogP contribution in [0, 0.1) is 0 Å². The first-order chi connectivity index (χ1) is 10.1. The maximum absolute atomic E-state index is 12.5. The molecule has 0 radical (unpaired) electrons. The molecule has 3 aromatic rings. The molecule has 0 atom stereocenters. The van der Waals surface area contributed by atoms with Gasteiger partial charge in [-0.1, -0.05) is 22.0 Å². The highest BCUT2D eigenvalue weighted by Gasteiger charge is 2.15. The fraction of sp³-hybridized carbons (Fsp3) is 0.125. The van der Waals surface area contributed by atoms with Gasteiger partial charge in [0.2, 0.25) is 0 Å². The second kappa shape index (κ2) is 5.69. The second-order valence-corrected chi connectivity index (χ2v) is 5.76. The van der Waals surface area contributed by atoms with Crippen LogP contribution < -0.4 is 0 Å². The van der Waals surface area contributed by atoms with E-state index in [-0.39, 0.29) is 5.91 Å². The Morgan fingerprint density at radius 1 is 1.29 bits per heavy atom. The van der Waals surface area contributed by atoms with Gasteiger partial charge in [0.1, 0.15) is 5.69 Å². The summed E-state index contributed by atoms with van der Waals surface area (Å²) in [5.74, 6) is -0.0325. The molecule has 0 spiro atoms. The van der Waals surface area contributed by atoms with Gasteiger partial charge < -0.3 is 9.88 Å². The Hall–Kier alpha value is -2.14. The summed E-state index contributed by atoms with van der Waals surface area (Å²) in [6.07, 6.45) is 3.46. The Kier molecular flexibility index (Phi) is 3.75. The summed E-state index contributed by atoms with van der Waals surface area (Å²) < 4.78 is 0.979. The van der Waals surface area contributed by atoms with Crippen molar-refractivity contribution in [3.63, 3.8) is 0 Å². The third-order valence-corrected chi connectivity index (χ3v) is 4.05. The normalized spacial score (nSPS) is 10.8. The molecule has 0 saturated carbocycles. The molecule has 0 aliphatic carbocycles. The lowest BCUT2D eigenvalue weighted by Crippen LogP contribution is -2.26. The molecule has 0 fully saturated rings. The third kappa shape index (κ3) is 2.83. The van der Waals surface area contributed by atoms with Crippen LogP contribution in [0.2, 0.25) is 0 Å². The number of nitrogens with zero attached hydrogens (tertiary/aromatic N) is 2. The molecule has 0 aliphatic heterocycles. The molecule has 5 heteroatoms. The lowest BCUT2D eigenvalue weighted by atomic mass is 10.2. The molecular formula is C16H14BrN3O. The van der Waals surface area contributed by atoms with Crippen LogP contribution >= 0.6 is 15.9 Å². The van der Waals surface area contributed by atoms with Crippen molar-refractivity contribution < 1.29 is 4.79 Å². The second-order valence-electron chi connectivity index (χ2n) is 4.90. The van der Waals surface area contributed by atoms with Crippen LogP contribution in [0.25, 0.3) is 10.9 Å². The van der Waals surface area contributed by atoms with Gasteiger partial charge >= 0.3 is 0 Å². The molecule has 2 aromatic heterocycles. The Balaban J connectivity index is 1.84. The van der Waals surface area contributed by atoms with E-state index >= 15 is 0 Å². The highest BCUT2D eigenvalue weighted by atomic mass is 79.9. The standard InChI is InChI=1S/C16H14BrN3O/c1-20(10-11-5-7-18-8-6-11)16(21)15-9-12-13(17)3-2-4-14(12)19-15/h2-9,19H,10H2,1H3. The van der Waals surface area contributed by atoms with E-state index in [9.17, 15) is 4.79 Å². The molecule has 1 aromatic carbocycles. The van der Waals surface area contributed by atoms with Crippen molar-refractivity contribution in [1.29, 1.82) is 0 Å². The molecule has 0 aliphatic rings. The van der Waals surface area contributed by atoms with Crippen molar-refractivity contribution in [3.05, 3.63) is 64.5 Å². The van der Waals surface area contributed by atoms with Gasteiger partial charge in [0.05, 0.1) is 0 Å². The van der Waals surface area contributed by atoms with Crippen LogP contribution in [0.15, 0.2) is 53.3 Å². The van der Waals surface area contributed by atoms with Gasteiger partial charge in [0, 0.05) is 41.4 Å². The highest BCUT2D eigenvalue weighted by molar-refractivity contribution is 9.10. The minimum Gasteiger partial charge on any atom is -0.350 e. The van der Waals surface area contributed by atoms with Gasteiger partial charge in [-0.05, 0) is 35.9 Å². The first kappa shape index (κ1) is 13.8. The first-order valence-electron chi connectivity index (χ1n) is 6.57. The number of fused-ring (bicyclic) bond motifs is 1. The molecular weight excluding hydrogens is 330 g/mol. The van der Waals surface area contributed by atoms with Crippen molar-refractivity contribution in [1.82, 2.24) is 14.9 Å². The number of nitrogens with one attached hydrogen (secondary N) is 1. The van der Waals surface area contributed by atoms with Crippen LogP contribution in [-0.2, 0) is 6.54 Å². The summed E-state index contributed by atoms with van der Waals surface area (Å²) in [5.41, 5.74) is 2.59. The minimum absolute atomic E-state index is 0.0325. The Morgan fingerprint density at radius 3 is 2.76 bits per heavy atom. The highest BCUT2D eigenvalue weighted by Crippen LogP contribution is 2.25. The molecule has 1 amide bonds. The Labute approximate surface area is 130 Å². The lowest BCUT2D eigenvalue weighted by molar-refractivity contribution is 0.0780. The number of halogens is 1. The molecule has 4 nitrogen and oxygen atoms in total. The fourth-order valence-electron chi connectivity index (χ4n) is 2.27. The largest absolute Gasteiger partial charge is 0.350 e. The number of aromatic amines is 1. The van der Waals surface area contributed by atoms with Crippen molar-refractivity contribution >= 4 is 32.7 Å². The summed E-state index contributed by atoms with van der Waals surface area (Å²) in [6.45, 7) is 0.553. The smallest absolute Gasteiger partial charge is 0.270 e. The number of carbonyl (C=O) groups is 1. The maximum Gasteiger partial charge on any atom is 0.270 e. The molecule has 3 rings (SSSR count).